The Morgan fingerprint density at radius 3 is 2.50 bits per heavy atom. The Labute approximate surface area is 120 Å². The van der Waals surface area contributed by atoms with Gasteiger partial charge in [-0.2, -0.15) is 0 Å². The van der Waals surface area contributed by atoms with Gasteiger partial charge in [-0.15, -0.1) is 0 Å². The smallest absolute Gasteiger partial charge is 0.166 e. The minimum absolute atomic E-state index is 0.00968. The van der Waals surface area contributed by atoms with E-state index in [-0.39, 0.29) is 29.7 Å². The third kappa shape index (κ3) is 5.39. The third-order valence-corrected chi connectivity index (χ3v) is 3.42. The second kappa shape index (κ2) is 7.50. The summed E-state index contributed by atoms with van der Waals surface area (Å²) in [5.41, 5.74) is 0.425. The highest BCUT2D eigenvalue weighted by Gasteiger charge is 2.20. The molecule has 0 saturated carbocycles. The van der Waals surface area contributed by atoms with Crippen molar-refractivity contribution in [3.8, 4) is 0 Å². The van der Waals surface area contributed by atoms with E-state index in [0.717, 1.165) is 12.8 Å². The van der Waals surface area contributed by atoms with Crippen molar-refractivity contribution >= 4 is 5.78 Å². The van der Waals surface area contributed by atoms with Crippen molar-refractivity contribution in [2.24, 2.45) is 5.92 Å². The molecule has 1 atom stereocenters. The fourth-order valence-electron chi connectivity index (χ4n) is 2.03. The molecule has 0 aliphatic rings. The molecule has 1 aromatic rings. The van der Waals surface area contributed by atoms with Crippen molar-refractivity contribution in [2.45, 2.75) is 39.2 Å². The molecule has 20 heavy (non-hydrogen) atoms. The van der Waals surface area contributed by atoms with Crippen LogP contribution in [0.2, 0.25) is 0 Å². The molecule has 0 bridgehead atoms. The van der Waals surface area contributed by atoms with E-state index in [0.29, 0.717) is 12.1 Å². The first kappa shape index (κ1) is 16.8. The fraction of sp³-hybridized carbons (Fsp3) is 0.562. The van der Waals surface area contributed by atoms with Crippen molar-refractivity contribution in [3.05, 3.63) is 35.6 Å². The van der Waals surface area contributed by atoms with E-state index < -0.39 is 0 Å². The zero-order valence-electron chi connectivity index (χ0n) is 12.4. The van der Waals surface area contributed by atoms with E-state index in [1.54, 1.807) is 0 Å². The van der Waals surface area contributed by atoms with Crippen LogP contribution in [0.15, 0.2) is 24.3 Å². The fourth-order valence-corrected chi connectivity index (χ4v) is 2.03. The third-order valence-electron chi connectivity index (χ3n) is 3.42. The van der Waals surface area contributed by atoms with Gasteiger partial charge in [-0.1, -0.05) is 6.92 Å². The number of aliphatic hydroxyl groups excluding tert-OH is 1. The van der Waals surface area contributed by atoms with Gasteiger partial charge in [0.2, 0.25) is 0 Å². The van der Waals surface area contributed by atoms with Gasteiger partial charge < -0.3 is 10.4 Å². The van der Waals surface area contributed by atoms with Gasteiger partial charge in [-0.05, 0) is 51.0 Å². The number of rotatable bonds is 8. The molecule has 0 spiro atoms. The van der Waals surface area contributed by atoms with Crippen LogP contribution in [0, 0.1) is 11.7 Å². The molecule has 0 aromatic heterocycles. The Morgan fingerprint density at radius 2 is 1.95 bits per heavy atom. The molecule has 0 heterocycles. The standard InChI is InChI=1S/C16H24FNO2/c1-12(11-18-16(2,3)9-4-10-19)15(20)13-5-7-14(17)8-6-13/h5-8,12,18-19H,4,9-11H2,1-3H3. The normalized spacial score (nSPS) is 13.2. The monoisotopic (exact) mass is 281 g/mol. The highest BCUT2D eigenvalue weighted by atomic mass is 19.1. The van der Waals surface area contributed by atoms with Gasteiger partial charge in [-0.3, -0.25) is 4.79 Å². The zero-order valence-corrected chi connectivity index (χ0v) is 12.4. The average molecular weight is 281 g/mol. The van der Waals surface area contributed by atoms with E-state index in [1.165, 1.54) is 24.3 Å². The van der Waals surface area contributed by atoms with Crippen LogP contribution in [0.3, 0.4) is 0 Å². The number of halogens is 1. The number of aliphatic hydroxyl groups is 1. The van der Waals surface area contributed by atoms with Crippen LogP contribution in [-0.4, -0.2) is 29.6 Å². The van der Waals surface area contributed by atoms with E-state index in [4.69, 9.17) is 5.11 Å². The highest BCUT2D eigenvalue weighted by Crippen LogP contribution is 2.14. The number of hydrogen-bond donors (Lipinski definition) is 2. The van der Waals surface area contributed by atoms with Gasteiger partial charge in [0, 0.05) is 30.2 Å². The maximum atomic E-state index is 12.8. The molecule has 3 nitrogen and oxygen atoms in total. The van der Waals surface area contributed by atoms with Gasteiger partial charge in [0.1, 0.15) is 5.82 Å². The second-order valence-corrected chi connectivity index (χ2v) is 5.86. The molecule has 0 radical (unpaired) electrons. The molecular formula is C16H24FNO2. The molecule has 1 unspecified atom stereocenters. The Kier molecular flexibility index (Phi) is 6.30. The van der Waals surface area contributed by atoms with Gasteiger partial charge in [0.25, 0.3) is 0 Å². The van der Waals surface area contributed by atoms with Gasteiger partial charge in [0.05, 0.1) is 0 Å². The van der Waals surface area contributed by atoms with E-state index >= 15 is 0 Å². The number of carbonyl (C=O) groups excluding carboxylic acids is 1. The molecule has 0 amide bonds. The number of nitrogens with one attached hydrogen (secondary N) is 1. The second-order valence-electron chi connectivity index (χ2n) is 5.86. The summed E-state index contributed by atoms with van der Waals surface area (Å²) in [5, 5.41) is 12.2. The quantitative estimate of drug-likeness (QED) is 0.720. The van der Waals surface area contributed by atoms with Crippen LogP contribution < -0.4 is 5.32 Å². The number of Topliss-reactive ketones (excluding diaryl/α,β-unsaturated/α-hetero) is 1. The van der Waals surface area contributed by atoms with Crippen LogP contribution >= 0.6 is 0 Å². The SMILES string of the molecule is CC(CNC(C)(C)CCCO)C(=O)c1ccc(F)cc1. The first-order chi connectivity index (χ1) is 9.35. The van der Waals surface area contributed by atoms with E-state index in [2.05, 4.69) is 19.2 Å². The molecule has 1 aromatic carbocycles. The van der Waals surface area contributed by atoms with Gasteiger partial charge in [0.15, 0.2) is 5.78 Å². The molecule has 2 N–H and O–H groups in total. The summed E-state index contributed by atoms with van der Waals surface area (Å²) in [6.07, 6.45) is 1.58. The van der Waals surface area contributed by atoms with Gasteiger partial charge in [-0.25, -0.2) is 4.39 Å². The minimum Gasteiger partial charge on any atom is -0.396 e. The lowest BCUT2D eigenvalue weighted by atomic mass is 9.95. The summed E-state index contributed by atoms with van der Waals surface area (Å²) in [6.45, 7) is 6.71. The summed E-state index contributed by atoms with van der Waals surface area (Å²) in [6, 6.07) is 5.65. The van der Waals surface area contributed by atoms with Crippen LogP contribution in [0.5, 0.6) is 0 Å². The van der Waals surface area contributed by atoms with Gasteiger partial charge >= 0.3 is 0 Å². The first-order valence-corrected chi connectivity index (χ1v) is 7.01. The average Bonchev–Trinajstić information content (AvgIpc) is 2.43. The van der Waals surface area contributed by atoms with E-state index in [1.807, 2.05) is 6.92 Å². The first-order valence-electron chi connectivity index (χ1n) is 7.01. The topological polar surface area (TPSA) is 49.3 Å². The Balaban J connectivity index is 2.51. The van der Waals surface area contributed by atoms with Crippen LogP contribution in [-0.2, 0) is 0 Å². The number of carbonyl (C=O) groups is 1. The van der Waals surface area contributed by atoms with E-state index in [9.17, 15) is 9.18 Å². The molecule has 0 aliphatic heterocycles. The predicted molar refractivity (Wildman–Crippen MR) is 78.3 cm³/mol. The van der Waals surface area contributed by atoms with Crippen molar-refractivity contribution in [2.75, 3.05) is 13.2 Å². The molecule has 0 saturated heterocycles. The van der Waals surface area contributed by atoms with Crippen LogP contribution in [0.1, 0.15) is 44.0 Å². The predicted octanol–water partition coefficient (Wildman–Crippen LogP) is 2.79. The number of ketones is 1. The maximum absolute atomic E-state index is 12.8. The molecule has 1 rings (SSSR count). The zero-order chi connectivity index (χ0) is 15.2. The highest BCUT2D eigenvalue weighted by molar-refractivity contribution is 5.97. The largest absolute Gasteiger partial charge is 0.396 e. The summed E-state index contributed by atoms with van der Waals surface area (Å²) < 4.78 is 12.8. The number of hydrogen-bond acceptors (Lipinski definition) is 3. The molecule has 4 heteroatoms. The Bertz CT molecular complexity index is 429. The molecular weight excluding hydrogens is 257 g/mol. The lowest BCUT2D eigenvalue weighted by Gasteiger charge is -2.27. The van der Waals surface area contributed by atoms with Crippen LogP contribution in [0.4, 0.5) is 4.39 Å². The molecule has 0 fully saturated rings. The summed E-state index contributed by atoms with van der Waals surface area (Å²) in [7, 11) is 0. The lowest BCUT2D eigenvalue weighted by Crippen LogP contribution is -2.43. The summed E-state index contributed by atoms with van der Waals surface area (Å²) in [4.78, 5) is 12.2. The van der Waals surface area contributed by atoms with Crippen LogP contribution in [0.25, 0.3) is 0 Å². The number of benzene rings is 1. The lowest BCUT2D eigenvalue weighted by molar-refractivity contribution is 0.0923. The Morgan fingerprint density at radius 1 is 1.35 bits per heavy atom. The summed E-state index contributed by atoms with van der Waals surface area (Å²) >= 11 is 0. The maximum Gasteiger partial charge on any atom is 0.166 e. The van der Waals surface area contributed by atoms with Crippen molar-refractivity contribution in [1.82, 2.24) is 5.32 Å². The van der Waals surface area contributed by atoms with Crippen molar-refractivity contribution < 1.29 is 14.3 Å². The Hall–Kier alpha value is -1.26. The molecule has 0 aliphatic carbocycles. The minimum atomic E-state index is -0.336. The van der Waals surface area contributed by atoms with Crippen molar-refractivity contribution in [3.63, 3.8) is 0 Å². The summed E-state index contributed by atoms with van der Waals surface area (Å²) in [5.74, 6) is -0.498. The van der Waals surface area contributed by atoms with Crippen molar-refractivity contribution in [1.29, 1.82) is 0 Å². The molecule has 112 valence electrons.